The second-order valence-corrected chi connectivity index (χ2v) is 8.82. The number of nitro groups is 1. The van der Waals surface area contributed by atoms with Crippen molar-refractivity contribution < 1.29 is 33.5 Å². The molecule has 0 bridgehead atoms. The van der Waals surface area contributed by atoms with E-state index in [1.54, 1.807) is 38.3 Å². The summed E-state index contributed by atoms with van der Waals surface area (Å²) in [6.07, 6.45) is 1.48. The van der Waals surface area contributed by atoms with E-state index in [2.05, 4.69) is 4.99 Å². The fourth-order valence-corrected chi connectivity index (χ4v) is 4.97. The SMILES string of the molecule is COc1ccc(COC(=O)C2C(C)=NC3=C(C(=O)CCC3)[C@@H]2c2cc3c(cc2[N+](=O)[O-])OCO3)cc1. The van der Waals surface area contributed by atoms with Crippen LogP contribution in [0.1, 0.15) is 43.2 Å². The van der Waals surface area contributed by atoms with Crippen LogP contribution in [0, 0.1) is 16.0 Å². The van der Waals surface area contributed by atoms with Crippen molar-refractivity contribution in [3.05, 3.63) is 68.9 Å². The van der Waals surface area contributed by atoms with E-state index in [9.17, 15) is 19.7 Å². The summed E-state index contributed by atoms with van der Waals surface area (Å²) in [6.45, 7) is 1.61. The third kappa shape index (κ3) is 4.19. The molecular formula is C26H24N2O8. The van der Waals surface area contributed by atoms with Crippen molar-refractivity contribution in [2.45, 2.75) is 38.7 Å². The quantitative estimate of drug-likeness (QED) is 0.333. The first kappa shape index (κ1) is 23.5. The maximum Gasteiger partial charge on any atom is 0.315 e. The number of aliphatic imine (C=N–C) groups is 1. The Labute approximate surface area is 206 Å². The van der Waals surface area contributed by atoms with Crippen LogP contribution in [0.2, 0.25) is 0 Å². The first-order valence-electron chi connectivity index (χ1n) is 11.6. The van der Waals surface area contributed by atoms with Crippen molar-refractivity contribution in [3.63, 3.8) is 0 Å². The average Bonchev–Trinajstić information content (AvgIpc) is 3.34. The lowest BCUT2D eigenvalue weighted by Gasteiger charge is -2.34. The third-order valence-electron chi connectivity index (χ3n) is 6.68. The van der Waals surface area contributed by atoms with Crippen molar-refractivity contribution in [2.24, 2.45) is 10.9 Å². The molecule has 0 aromatic heterocycles. The van der Waals surface area contributed by atoms with Gasteiger partial charge >= 0.3 is 5.97 Å². The first-order chi connectivity index (χ1) is 17.4. The Morgan fingerprint density at radius 2 is 1.89 bits per heavy atom. The van der Waals surface area contributed by atoms with Gasteiger partial charge in [0.15, 0.2) is 17.3 Å². The molecule has 10 nitrogen and oxygen atoms in total. The Morgan fingerprint density at radius 1 is 1.17 bits per heavy atom. The molecule has 0 N–H and O–H groups in total. The van der Waals surface area contributed by atoms with Gasteiger partial charge in [0.2, 0.25) is 6.79 Å². The lowest BCUT2D eigenvalue weighted by Crippen LogP contribution is -2.37. The highest BCUT2D eigenvalue weighted by Gasteiger charge is 2.46. The monoisotopic (exact) mass is 492 g/mol. The Morgan fingerprint density at radius 3 is 2.58 bits per heavy atom. The summed E-state index contributed by atoms with van der Waals surface area (Å²) in [5.74, 6) is -1.48. The third-order valence-corrected chi connectivity index (χ3v) is 6.68. The summed E-state index contributed by atoms with van der Waals surface area (Å²) in [4.78, 5) is 42.8. The molecule has 0 amide bonds. The van der Waals surface area contributed by atoms with Crippen molar-refractivity contribution in [1.82, 2.24) is 0 Å². The number of ether oxygens (including phenoxy) is 4. The van der Waals surface area contributed by atoms with Gasteiger partial charge in [0, 0.05) is 34.9 Å². The molecule has 1 aliphatic carbocycles. The Hall–Kier alpha value is -4.21. The highest BCUT2D eigenvalue weighted by Crippen LogP contribution is 2.49. The van der Waals surface area contributed by atoms with Crippen molar-refractivity contribution >= 4 is 23.2 Å². The molecule has 0 saturated carbocycles. The Bertz CT molecular complexity index is 1310. The normalized spacial score (nSPS) is 20.5. The zero-order chi connectivity index (χ0) is 25.4. The minimum absolute atomic E-state index is 0.0115. The topological polar surface area (TPSA) is 127 Å². The van der Waals surface area contributed by atoms with Crippen LogP contribution in [0.4, 0.5) is 5.69 Å². The standard InChI is InChI=1S/C26H24N2O8/c1-14-23(26(30)34-12-15-6-8-16(33-2)9-7-15)24(25-18(27-14)4-3-5-20(25)29)17-10-21-22(36-13-35-21)11-19(17)28(31)32/h6-11,23-24H,3-5,12-13H2,1-2H3/t23?,24-/m1/s1. The van der Waals surface area contributed by atoms with Crippen LogP contribution in [0.15, 0.2) is 52.7 Å². The van der Waals surface area contributed by atoms with Crippen LogP contribution >= 0.6 is 0 Å². The van der Waals surface area contributed by atoms with Crippen molar-refractivity contribution in [2.75, 3.05) is 13.9 Å². The number of carbonyl (C=O) groups is 2. The number of esters is 1. The lowest BCUT2D eigenvalue weighted by atomic mass is 9.71. The number of rotatable bonds is 6. The predicted octanol–water partition coefficient (Wildman–Crippen LogP) is 4.26. The Kier molecular flexibility index (Phi) is 6.17. The number of hydrogen-bond donors (Lipinski definition) is 0. The summed E-state index contributed by atoms with van der Waals surface area (Å²) in [5, 5.41) is 12.1. The van der Waals surface area contributed by atoms with Gasteiger partial charge in [0.25, 0.3) is 5.69 Å². The number of methoxy groups -OCH3 is 1. The van der Waals surface area contributed by atoms with Gasteiger partial charge in [-0.05, 0) is 43.5 Å². The number of Topliss-reactive ketones (excluding diaryl/α,β-unsaturated/α-hetero) is 1. The molecule has 36 heavy (non-hydrogen) atoms. The summed E-state index contributed by atoms with van der Waals surface area (Å²) in [5.41, 5.74) is 2.04. The van der Waals surface area contributed by atoms with E-state index in [4.69, 9.17) is 18.9 Å². The minimum atomic E-state index is -1.01. The minimum Gasteiger partial charge on any atom is -0.497 e. The summed E-state index contributed by atoms with van der Waals surface area (Å²) < 4.78 is 21.6. The van der Waals surface area contributed by atoms with Gasteiger partial charge in [0.05, 0.1) is 18.1 Å². The molecule has 5 rings (SSSR count). The van der Waals surface area contributed by atoms with Crippen LogP contribution in [0.25, 0.3) is 0 Å². The summed E-state index contributed by atoms with van der Waals surface area (Å²) in [6, 6.07) is 9.85. The predicted molar refractivity (Wildman–Crippen MR) is 127 cm³/mol. The van der Waals surface area contributed by atoms with Crippen molar-refractivity contribution in [1.29, 1.82) is 0 Å². The second-order valence-electron chi connectivity index (χ2n) is 8.82. The van der Waals surface area contributed by atoms with E-state index >= 15 is 0 Å². The van der Waals surface area contributed by atoms with Crippen LogP contribution in [0.3, 0.4) is 0 Å². The van der Waals surface area contributed by atoms with E-state index in [-0.39, 0.29) is 42.6 Å². The average molecular weight is 492 g/mol. The summed E-state index contributed by atoms with van der Waals surface area (Å²) in [7, 11) is 1.56. The summed E-state index contributed by atoms with van der Waals surface area (Å²) >= 11 is 0. The van der Waals surface area contributed by atoms with Gasteiger partial charge in [-0.3, -0.25) is 24.7 Å². The van der Waals surface area contributed by atoms with Gasteiger partial charge in [-0.15, -0.1) is 0 Å². The van der Waals surface area contributed by atoms with Crippen LogP contribution < -0.4 is 14.2 Å². The number of nitro benzene ring substituents is 1. The maximum atomic E-state index is 13.5. The molecule has 10 heteroatoms. The van der Waals surface area contributed by atoms with E-state index in [0.29, 0.717) is 41.3 Å². The maximum absolute atomic E-state index is 13.5. The fourth-order valence-electron chi connectivity index (χ4n) is 4.97. The number of fused-ring (bicyclic) bond motifs is 1. The fraction of sp³-hybridized carbons (Fsp3) is 0.346. The van der Waals surface area contributed by atoms with Crippen LogP contribution in [-0.4, -0.2) is 36.3 Å². The zero-order valence-electron chi connectivity index (χ0n) is 19.8. The molecule has 2 heterocycles. The molecule has 186 valence electrons. The number of hydrogen-bond acceptors (Lipinski definition) is 9. The van der Waals surface area contributed by atoms with E-state index in [0.717, 1.165) is 5.56 Å². The highest BCUT2D eigenvalue weighted by atomic mass is 16.7. The van der Waals surface area contributed by atoms with E-state index < -0.39 is 22.7 Å². The van der Waals surface area contributed by atoms with Crippen LogP contribution in [0.5, 0.6) is 17.2 Å². The van der Waals surface area contributed by atoms with Gasteiger partial charge in [0.1, 0.15) is 18.3 Å². The molecule has 2 aliphatic heterocycles. The number of allylic oxidation sites excluding steroid dienone is 2. The highest BCUT2D eigenvalue weighted by molar-refractivity contribution is 6.09. The molecule has 0 saturated heterocycles. The van der Waals surface area contributed by atoms with Crippen molar-refractivity contribution in [3.8, 4) is 17.2 Å². The van der Waals surface area contributed by atoms with Crippen LogP contribution in [-0.2, 0) is 20.9 Å². The molecule has 0 radical (unpaired) electrons. The molecule has 0 spiro atoms. The van der Waals surface area contributed by atoms with Gasteiger partial charge in [-0.1, -0.05) is 12.1 Å². The van der Waals surface area contributed by atoms with Gasteiger partial charge < -0.3 is 18.9 Å². The second kappa shape index (κ2) is 9.44. The molecule has 2 atom stereocenters. The first-order valence-corrected chi connectivity index (χ1v) is 11.6. The largest absolute Gasteiger partial charge is 0.497 e. The molecule has 1 unspecified atom stereocenters. The molecule has 3 aliphatic rings. The smallest absolute Gasteiger partial charge is 0.315 e. The van der Waals surface area contributed by atoms with E-state index in [1.165, 1.54) is 12.1 Å². The molecule has 2 aromatic carbocycles. The molecule has 0 fully saturated rings. The number of nitrogens with zero attached hydrogens (tertiary/aromatic N) is 2. The number of carbonyl (C=O) groups excluding carboxylic acids is 2. The zero-order valence-corrected chi connectivity index (χ0v) is 19.8. The number of benzene rings is 2. The molecular weight excluding hydrogens is 468 g/mol. The molecule has 2 aromatic rings. The lowest BCUT2D eigenvalue weighted by molar-refractivity contribution is -0.385. The van der Waals surface area contributed by atoms with E-state index in [1.807, 2.05) is 0 Å². The van der Waals surface area contributed by atoms with Gasteiger partial charge in [-0.25, -0.2) is 0 Å². The van der Waals surface area contributed by atoms with Gasteiger partial charge in [-0.2, -0.15) is 0 Å². The Balaban J connectivity index is 1.56. The number of ketones is 1.